The Morgan fingerprint density at radius 1 is 1.17 bits per heavy atom. The maximum atomic E-state index is 14.7. The highest BCUT2D eigenvalue weighted by molar-refractivity contribution is 5.80. The van der Waals surface area contributed by atoms with Gasteiger partial charge in [0.1, 0.15) is 5.82 Å². The van der Waals surface area contributed by atoms with Crippen LogP contribution in [0.15, 0.2) is 47.3 Å². The Bertz CT molecular complexity index is 1290. The van der Waals surface area contributed by atoms with E-state index in [1.54, 1.807) is 17.7 Å². The van der Waals surface area contributed by atoms with E-state index in [4.69, 9.17) is 22.0 Å². The van der Waals surface area contributed by atoms with Crippen LogP contribution in [-0.4, -0.2) is 42.4 Å². The number of methoxy groups -OCH3 is 1. The topological polar surface area (TPSA) is 77.7 Å². The number of benzene rings is 2. The van der Waals surface area contributed by atoms with E-state index < -0.39 is 5.82 Å². The van der Waals surface area contributed by atoms with Gasteiger partial charge in [-0.1, -0.05) is 42.0 Å². The van der Waals surface area contributed by atoms with Crippen LogP contribution in [-0.2, 0) is 11.3 Å². The molecule has 1 fully saturated rings. The number of hydrogen-bond acceptors (Lipinski definition) is 5. The number of piperidine rings is 1. The quantitative estimate of drug-likeness (QED) is 0.401. The number of hydrogen-bond donors (Lipinski definition) is 1. The maximum Gasteiger partial charge on any atom is 0.294 e. The average molecular weight is 476 g/mol. The lowest BCUT2D eigenvalue weighted by Crippen LogP contribution is -2.43. The number of nitrogens with two attached hydrogens (primary N) is 1. The number of anilines is 1. The number of halogens is 1. The van der Waals surface area contributed by atoms with Crippen molar-refractivity contribution in [3.8, 4) is 22.5 Å². The van der Waals surface area contributed by atoms with Gasteiger partial charge in [0.15, 0.2) is 5.82 Å². The molecule has 2 N–H and O–H groups in total. The minimum Gasteiger partial charge on any atom is -0.385 e. The maximum absolute atomic E-state index is 14.7. The van der Waals surface area contributed by atoms with Gasteiger partial charge in [-0.3, -0.25) is 4.79 Å². The van der Waals surface area contributed by atoms with Crippen molar-refractivity contribution in [1.82, 2.24) is 9.55 Å². The van der Waals surface area contributed by atoms with E-state index in [0.717, 1.165) is 24.0 Å². The molecule has 3 aromatic rings. The van der Waals surface area contributed by atoms with Crippen LogP contribution in [0.3, 0.4) is 0 Å². The fraction of sp³-hybridized carbons (Fsp3) is 0.370. The monoisotopic (exact) mass is 475 g/mol. The summed E-state index contributed by atoms with van der Waals surface area (Å²) >= 11 is 0. The summed E-state index contributed by atoms with van der Waals surface area (Å²) < 4.78 is 21.7. The predicted molar refractivity (Wildman–Crippen MR) is 136 cm³/mol. The highest BCUT2D eigenvalue weighted by Gasteiger charge is 2.25. The van der Waals surface area contributed by atoms with Crippen LogP contribution in [0.5, 0.6) is 0 Å². The van der Waals surface area contributed by atoms with Gasteiger partial charge in [0.25, 0.3) is 5.56 Å². The summed E-state index contributed by atoms with van der Waals surface area (Å²) in [5.41, 5.74) is 9.40. The minimum absolute atomic E-state index is 0.0516. The van der Waals surface area contributed by atoms with Gasteiger partial charge in [-0.05, 0) is 32.3 Å². The molecular weight excluding hydrogens is 445 g/mol. The third kappa shape index (κ3) is 5.26. The summed E-state index contributed by atoms with van der Waals surface area (Å²) in [6, 6.07) is 12.4. The molecule has 0 bridgehead atoms. The number of rotatable bonds is 7. The molecular formula is C27H30FN5O2. The Morgan fingerprint density at radius 3 is 2.49 bits per heavy atom. The average Bonchev–Trinajstić information content (AvgIpc) is 2.86. The van der Waals surface area contributed by atoms with E-state index in [2.05, 4.69) is 4.85 Å². The Morgan fingerprint density at radius 2 is 1.86 bits per heavy atom. The van der Waals surface area contributed by atoms with Crippen molar-refractivity contribution in [2.24, 2.45) is 5.73 Å². The lowest BCUT2D eigenvalue weighted by atomic mass is 10.0. The van der Waals surface area contributed by atoms with Crippen molar-refractivity contribution >= 4 is 11.5 Å². The standard InChI is InChI=1S/C27H30FN5O2/c1-18-5-7-19(8-6-18)25-24(20-9-10-23(30-2)22(28)17-20)31-26(32-14-11-21(29)12-15-32)27(34)33(25)13-4-16-35-3/h5-10,17,21H,4,11-16,29H2,1,3H3. The molecule has 0 amide bonds. The molecule has 182 valence electrons. The van der Waals surface area contributed by atoms with E-state index in [9.17, 15) is 9.18 Å². The van der Waals surface area contributed by atoms with Crippen LogP contribution in [0, 0.1) is 19.3 Å². The van der Waals surface area contributed by atoms with Crippen LogP contribution in [0.25, 0.3) is 27.4 Å². The molecule has 1 saturated heterocycles. The highest BCUT2D eigenvalue weighted by atomic mass is 19.1. The van der Waals surface area contributed by atoms with Crippen LogP contribution >= 0.6 is 0 Å². The molecule has 1 aromatic heterocycles. The lowest BCUT2D eigenvalue weighted by Gasteiger charge is -2.31. The second-order valence-electron chi connectivity index (χ2n) is 8.90. The minimum atomic E-state index is -0.614. The molecule has 7 nitrogen and oxygen atoms in total. The van der Waals surface area contributed by atoms with Crippen molar-refractivity contribution in [3.05, 3.63) is 75.6 Å². The normalized spacial score (nSPS) is 14.2. The molecule has 8 heteroatoms. The first-order chi connectivity index (χ1) is 16.9. The number of ether oxygens (including phenoxy) is 1. The van der Waals surface area contributed by atoms with Gasteiger partial charge in [0.2, 0.25) is 5.69 Å². The SMILES string of the molecule is [C-]#[N+]c1ccc(-c2nc(N3CCC(N)CC3)c(=O)n(CCCOC)c2-c2ccc(C)cc2)cc1F. The van der Waals surface area contributed by atoms with Gasteiger partial charge < -0.3 is 19.9 Å². The summed E-state index contributed by atoms with van der Waals surface area (Å²) in [6.45, 7) is 11.4. The Hall–Kier alpha value is -3.54. The molecule has 1 aliphatic rings. The summed E-state index contributed by atoms with van der Waals surface area (Å²) in [4.78, 5) is 23.9. The number of nitrogens with zero attached hydrogens (tertiary/aromatic N) is 4. The molecule has 35 heavy (non-hydrogen) atoms. The Balaban J connectivity index is 1.98. The molecule has 4 rings (SSSR count). The van der Waals surface area contributed by atoms with E-state index in [1.165, 1.54) is 12.1 Å². The van der Waals surface area contributed by atoms with Crippen LogP contribution in [0.2, 0.25) is 0 Å². The summed E-state index contributed by atoms with van der Waals surface area (Å²) in [6.07, 6.45) is 2.18. The molecule has 2 aromatic carbocycles. The predicted octanol–water partition coefficient (Wildman–Crippen LogP) is 4.54. The van der Waals surface area contributed by atoms with Crippen molar-refractivity contribution < 1.29 is 9.13 Å². The van der Waals surface area contributed by atoms with E-state index >= 15 is 0 Å². The third-order valence-electron chi connectivity index (χ3n) is 6.38. The van der Waals surface area contributed by atoms with Gasteiger partial charge >= 0.3 is 0 Å². The molecule has 0 spiro atoms. The van der Waals surface area contributed by atoms with Crippen molar-refractivity contribution in [2.75, 3.05) is 31.7 Å². The van der Waals surface area contributed by atoms with Crippen LogP contribution in [0.4, 0.5) is 15.9 Å². The van der Waals surface area contributed by atoms with Crippen molar-refractivity contribution in [1.29, 1.82) is 0 Å². The Labute approximate surface area is 204 Å². The molecule has 1 aliphatic heterocycles. The molecule has 2 heterocycles. The smallest absolute Gasteiger partial charge is 0.294 e. The largest absolute Gasteiger partial charge is 0.385 e. The van der Waals surface area contributed by atoms with Gasteiger partial charge in [-0.2, -0.15) is 0 Å². The van der Waals surface area contributed by atoms with E-state index in [-0.39, 0.29) is 17.3 Å². The zero-order valence-electron chi connectivity index (χ0n) is 20.1. The van der Waals surface area contributed by atoms with Gasteiger partial charge in [0.05, 0.1) is 18.0 Å². The molecule has 0 atom stereocenters. The number of aromatic nitrogens is 2. The zero-order chi connectivity index (χ0) is 24.9. The van der Waals surface area contributed by atoms with Gasteiger partial charge in [-0.25, -0.2) is 14.2 Å². The van der Waals surface area contributed by atoms with Crippen molar-refractivity contribution in [3.63, 3.8) is 0 Å². The van der Waals surface area contributed by atoms with Crippen LogP contribution in [0.1, 0.15) is 24.8 Å². The van der Waals surface area contributed by atoms with Crippen LogP contribution < -0.4 is 16.2 Å². The Kier molecular flexibility index (Phi) is 7.59. The fourth-order valence-corrected chi connectivity index (χ4v) is 4.40. The second kappa shape index (κ2) is 10.8. The first-order valence-corrected chi connectivity index (χ1v) is 11.8. The van der Waals surface area contributed by atoms with Gasteiger partial charge in [-0.15, -0.1) is 0 Å². The lowest BCUT2D eigenvalue weighted by molar-refractivity contribution is 0.190. The first kappa shape index (κ1) is 24.6. The first-order valence-electron chi connectivity index (χ1n) is 11.8. The highest BCUT2D eigenvalue weighted by Crippen LogP contribution is 2.34. The number of aryl methyl sites for hydroxylation is 1. The molecule has 0 aliphatic carbocycles. The van der Waals surface area contributed by atoms with Crippen molar-refractivity contribution in [2.45, 2.75) is 38.8 Å². The molecule has 0 radical (unpaired) electrons. The summed E-state index contributed by atoms with van der Waals surface area (Å²) in [5.74, 6) is -0.272. The van der Waals surface area contributed by atoms with E-state index in [1.807, 2.05) is 36.1 Å². The molecule has 0 unspecified atom stereocenters. The van der Waals surface area contributed by atoms with Gasteiger partial charge in [0, 0.05) is 50.5 Å². The fourth-order valence-electron chi connectivity index (χ4n) is 4.40. The summed E-state index contributed by atoms with van der Waals surface area (Å²) in [7, 11) is 1.63. The van der Waals surface area contributed by atoms with E-state index in [0.29, 0.717) is 55.4 Å². The third-order valence-corrected chi connectivity index (χ3v) is 6.38. The zero-order valence-corrected chi connectivity index (χ0v) is 20.1. The summed E-state index contributed by atoms with van der Waals surface area (Å²) in [5, 5.41) is 0. The molecule has 0 saturated carbocycles. The second-order valence-corrected chi connectivity index (χ2v) is 8.90.